The highest BCUT2D eigenvalue weighted by Gasteiger charge is 2.52. The average molecular weight is 361 g/mol. The Balaban J connectivity index is 1.36. The molecule has 0 spiro atoms. The Bertz CT molecular complexity index is 773. The number of rotatable bonds is 4. The lowest BCUT2D eigenvalue weighted by Crippen LogP contribution is -2.50. The van der Waals surface area contributed by atoms with E-state index in [9.17, 15) is 9.59 Å². The van der Waals surface area contributed by atoms with Crippen LogP contribution in [0.4, 0.5) is 0 Å². The maximum absolute atomic E-state index is 12.5. The molecule has 2 atom stereocenters. The third-order valence-electron chi connectivity index (χ3n) is 4.72. The minimum atomic E-state index is -0.328. The number of amides is 2. The number of hydrogen-bond donors (Lipinski definition) is 1. The molecule has 1 aromatic carbocycles. The number of aromatic nitrogens is 1. The van der Waals surface area contributed by atoms with Crippen molar-refractivity contribution in [3.63, 3.8) is 0 Å². The quantitative estimate of drug-likeness (QED) is 0.908. The summed E-state index contributed by atoms with van der Waals surface area (Å²) < 4.78 is 1.17. The molecule has 0 bridgehead atoms. The summed E-state index contributed by atoms with van der Waals surface area (Å²) in [5, 5.41) is 4.02. The number of nitrogens with one attached hydrogen (secondary N) is 1. The van der Waals surface area contributed by atoms with Crippen LogP contribution < -0.4 is 5.32 Å². The minimum Gasteiger partial charge on any atom is -0.354 e. The second kappa shape index (κ2) is 6.04. The molecular formula is C17H19N3O2S2. The third-order valence-corrected chi connectivity index (χ3v) is 7.33. The van der Waals surface area contributed by atoms with Crippen LogP contribution in [0.2, 0.25) is 0 Å². The number of thiazole rings is 1. The monoisotopic (exact) mass is 361 g/mol. The molecule has 3 heterocycles. The first kappa shape index (κ1) is 15.9. The normalized spacial score (nSPS) is 26.1. The number of fused-ring (bicyclic) bond motifs is 2. The van der Waals surface area contributed by atoms with E-state index >= 15 is 0 Å². The fraction of sp³-hybridized carbons (Fsp3) is 0.471. The second-order valence-corrected chi connectivity index (χ2v) is 9.00. The summed E-state index contributed by atoms with van der Waals surface area (Å²) in [5.41, 5.74) is 1.01. The molecule has 2 aliphatic rings. The number of carbonyl (C=O) groups is 2. The summed E-state index contributed by atoms with van der Waals surface area (Å²) in [4.78, 5) is 30.8. The largest absolute Gasteiger partial charge is 0.354 e. The first-order chi connectivity index (χ1) is 11.6. The zero-order valence-corrected chi connectivity index (χ0v) is 15.1. The van der Waals surface area contributed by atoms with Gasteiger partial charge in [-0.1, -0.05) is 12.1 Å². The van der Waals surface area contributed by atoms with Gasteiger partial charge in [0.15, 0.2) is 0 Å². The van der Waals surface area contributed by atoms with Crippen molar-refractivity contribution >= 4 is 45.1 Å². The number of para-hydroxylation sites is 1. The Kier molecular flexibility index (Phi) is 4.00. The number of benzene rings is 1. The van der Waals surface area contributed by atoms with E-state index in [-0.39, 0.29) is 22.7 Å². The van der Waals surface area contributed by atoms with Crippen LogP contribution in [0.1, 0.15) is 24.8 Å². The maximum atomic E-state index is 12.5. The fourth-order valence-electron chi connectivity index (χ4n) is 3.45. The lowest BCUT2D eigenvalue weighted by Gasteiger charge is -2.29. The molecule has 2 aliphatic heterocycles. The van der Waals surface area contributed by atoms with Gasteiger partial charge in [0.2, 0.25) is 11.8 Å². The van der Waals surface area contributed by atoms with Gasteiger partial charge in [0.1, 0.15) is 6.04 Å². The standard InChI is InChI=1S/C17H19N3O2S2/c1-17-8-6-15(21)20(17)12(10-23-17)16(22)18-9-7-14-19-11-4-2-3-5-13(11)24-14/h2-5,12H,6-10H2,1H3,(H,18,22). The van der Waals surface area contributed by atoms with Crippen LogP contribution in [0.25, 0.3) is 10.2 Å². The van der Waals surface area contributed by atoms with Crippen LogP contribution in [0.3, 0.4) is 0 Å². The molecule has 0 saturated carbocycles. The predicted octanol–water partition coefficient (Wildman–Crippen LogP) is 2.41. The number of nitrogens with zero attached hydrogens (tertiary/aromatic N) is 2. The van der Waals surface area contributed by atoms with Crippen molar-refractivity contribution in [2.75, 3.05) is 12.3 Å². The van der Waals surface area contributed by atoms with Gasteiger partial charge in [-0.05, 0) is 25.5 Å². The van der Waals surface area contributed by atoms with Crippen LogP contribution >= 0.6 is 23.1 Å². The van der Waals surface area contributed by atoms with Crippen molar-refractivity contribution < 1.29 is 9.59 Å². The Morgan fingerprint density at radius 3 is 3.12 bits per heavy atom. The molecule has 0 aliphatic carbocycles. The van der Waals surface area contributed by atoms with Gasteiger partial charge >= 0.3 is 0 Å². The van der Waals surface area contributed by atoms with Gasteiger partial charge in [0, 0.05) is 25.1 Å². The van der Waals surface area contributed by atoms with E-state index in [1.165, 1.54) is 4.70 Å². The molecule has 1 aromatic heterocycles. The maximum Gasteiger partial charge on any atom is 0.243 e. The van der Waals surface area contributed by atoms with Crippen molar-refractivity contribution in [1.82, 2.24) is 15.2 Å². The summed E-state index contributed by atoms with van der Waals surface area (Å²) in [6, 6.07) is 7.72. The molecule has 1 N–H and O–H groups in total. The molecule has 2 unspecified atom stereocenters. The van der Waals surface area contributed by atoms with E-state index in [4.69, 9.17) is 0 Å². The Hall–Kier alpha value is -1.60. The van der Waals surface area contributed by atoms with E-state index in [2.05, 4.69) is 23.3 Å². The van der Waals surface area contributed by atoms with Crippen LogP contribution in [0, 0.1) is 0 Å². The highest BCUT2D eigenvalue weighted by Crippen LogP contribution is 2.47. The molecule has 0 radical (unpaired) electrons. The van der Waals surface area contributed by atoms with Crippen LogP contribution in [-0.2, 0) is 16.0 Å². The topological polar surface area (TPSA) is 62.3 Å². The summed E-state index contributed by atoms with van der Waals surface area (Å²) in [5.74, 6) is 0.756. The van der Waals surface area contributed by atoms with Gasteiger partial charge in [-0.25, -0.2) is 4.98 Å². The second-order valence-electron chi connectivity index (χ2n) is 6.38. The smallest absolute Gasteiger partial charge is 0.243 e. The molecule has 5 nitrogen and oxygen atoms in total. The third kappa shape index (κ3) is 2.69. The van der Waals surface area contributed by atoms with Crippen LogP contribution in [0.15, 0.2) is 24.3 Å². The first-order valence-electron chi connectivity index (χ1n) is 8.15. The summed E-state index contributed by atoms with van der Waals surface area (Å²) in [6.45, 7) is 2.62. The number of thioether (sulfide) groups is 1. The van der Waals surface area contributed by atoms with Gasteiger partial charge in [-0.15, -0.1) is 23.1 Å². The van der Waals surface area contributed by atoms with Crippen molar-refractivity contribution in [2.24, 2.45) is 0 Å². The van der Waals surface area contributed by atoms with Gasteiger partial charge in [-0.3, -0.25) is 9.59 Å². The molecular weight excluding hydrogens is 342 g/mol. The van der Waals surface area contributed by atoms with Crippen molar-refractivity contribution in [1.29, 1.82) is 0 Å². The highest BCUT2D eigenvalue weighted by atomic mass is 32.2. The molecule has 2 fully saturated rings. The van der Waals surface area contributed by atoms with Crippen LogP contribution in [0.5, 0.6) is 0 Å². The SMILES string of the molecule is CC12CCC(=O)N1C(C(=O)NCCc1nc3ccccc3s1)CS2. The molecule has 2 saturated heterocycles. The summed E-state index contributed by atoms with van der Waals surface area (Å²) in [7, 11) is 0. The van der Waals surface area contributed by atoms with Crippen molar-refractivity contribution in [2.45, 2.75) is 37.1 Å². The van der Waals surface area contributed by atoms with E-state index < -0.39 is 0 Å². The molecule has 2 aromatic rings. The minimum absolute atomic E-state index is 0.0393. The average Bonchev–Trinajstić information content (AvgIpc) is 3.20. The Labute approximate surface area is 148 Å². The molecule has 24 heavy (non-hydrogen) atoms. The van der Waals surface area contributed by atoms with E-state index in [1.807, 2.05) is 18.2 Å². The zero-order valence-electron chi connectivity index (χ0n) is 13.4. The zero-order chi connectivity index (χ0) is 16.7. The summed E-state index contributed by atoms with van der Waals surface area (Å²) >= 11 is 3.39. The molecule has 4 rings (SSSR count). The first-order valence-corrected chi connectivity index (χ1v) is 9.95. The lowest BCUT2D eigenvalue weighted by molar-refractivity contribution is -0.137. The molecule has 7 heteroatoms. The summed E-state index contributed by atoms with van der Waals surface area (Å²) in [6.07, 6.45) is 2.11. The molecule has 126 valence electrons. The van der Waals surface area contributed by atoms with Gasteiger partial charge in [0.05, 0.1) is 20.1 Å². The van der Waals surface area contributed by atoms with Gasteiger partial charge < -0.3 is 10.2 Å². The predicted molar refractivity (Wildman–Crippen MR) is 97.1 cm³/mol. The molecule has 2 amide bonds. The number of hydrogen-bond acceptors (Lipinski definition) is 5. The highest BCUT2D eigenvalue weighted by molar-refractivity contribution is 8.01. The van der Waals surface area contributed by atoms with E-state index in [0.717, 1.165) is 23.4 Å². The van der Waals surface area contributed by atoms with Crippen molar-refractivity contribution in [3.05, 3.63) is 29.3 Å². The Morgan fingerprint density at radius 1 is 1.46 bits per heavy atom. The van der Waals surface area contributed by atoms with Crippen LogP contribution in [-0.4, -0.2) is 44.9 Å². The van der Waals surface area contributed by atoms with Gasteiger partial charge in [-0.2, -0.15) is 0 Å². The van der Waals surface area contributed by atoms with E-state index in [0.29, 0.717) is 18.7 Å². The lowest BCUT2D eigenvalue weighted by atomic mass is 10.2. The fourth-order valence-corrected chi connectivity index (χ4v) is 5.85. The van der Waals surface area contributed by atoms with Crippen molar-refractivity contribution in [3.8, 4) is 0 Å². The number of carbonyl (C=O) groups excluding carboxylic acids is 2. The van der Waals surface area contributed by atoms with Gasteiger partial charge in [0.25, 0.3) is 0 Å². The van der Waals surface area contributed by atoms with E-state index in [1.54, 1.807) is 28.0 Å². The Morgan fingerprint density at radius 2 is 2.29 bits per heavy atom.